The van der Waals surface area contributed by atoms with Gasteiger partial charge in [-0.2, -0.15) is 4.31 Å². The lowest BCUT2D eigenvalue weighted by atomic mass is 9.89. The van der Waals surface area contributed by atoms with E-state index in [0.29, 0.717) is 36.0 Å². The number of likely N-dealkylation sites (tertiary alicyclic amines) is 1. The molecule has 2 aliphatic heterocycles. The fourth-order valence-electron chi connectivity index (χ4n) is 4.33. The molecule has 2 aromatic rings. The topological polar surface area (TPSA) is 79.8 Å². The number of ether oxygens (including phenoxy) is 1. The van der Waals surface area contributed by atoms with Crippen LogP contribution in [0, 0.1) is 11.8 Å². The number of nitrogens with zero attached hydrogens (tertiary/aromatic N) is 3. The summed E-state index contributed by atoms with van der Waals surface area (Å²) in [6, 6.07) is 5.25. The van der Waals surface area contributed by atoms with E-state index in [9.17, 15) is 13.2 Å². The largest absolute Gasteiger partial charge is 0.444 e. The number of piperidine rings is 1. The minimum Gasteiger partial charge on any atom is -0.444 e. The molecular formula is C21H26BrN3O4S. The highest BCUT2D eigenvalue weighted by Gasteiger charge is 2.43. The average molecular weight is 496 g/mol. The van der Waals surface area contributed by atoms with Gasteiger partial charge in [0.15, 0.2) is 0 Å². The summed E-state index contributed by atoms with van der Waals surface area (Å²) < 4.78 is 34.8. The van der Waals surface area contributed by atoms with E-state index >= 15 is 0 Å². The van der Waals surface area contributed by atoms with Crippen molar-refractivity contribution in [3.8, 4) is 0 Å². The number of carbonyl (C=O) groups excluding carboxylic acids is 1. The molecule has 1 aromatic heterocycles. The Hall–Kier alpha value is -1.71. The van der Waals surface area contributed by atoms with Crippen molar-refractivity contribution in [1.29, 1.82) is 0 Å². The molecule has 0 spiro atoms. The summed E-state index contributed by atoms with van der Waals surface area (Å²) in [5.41, 5.74) is -0.546. The van der Waals surface area contributed by atoms with Crippen LogP contribution in [-0.4, -0.2) is 60.5 Å². The number of hydrogen-bond donors (Lipinski definition) is 0. The zero-order chi connectivity index (χ0) is 21.7. The third-order valence-electron chi connectivity index (χ3n) is 5.74. The third-order valence-corrected chi connectivity index (χ3v) is 8.21. The van der Waals surface area contributed by atoms with Crippen LogP contribution < -0.4 is 0 Å². The highest BCUT2D eigenvalue weighted by molar-refractivity contribution is 9.10. The molecule has 0 N–H and O–H groups in total. The first-order valence-electron chi connectivity index (χ1n) is 10.1. The van der Waals surface area contributed by atoms with E-state index < -0.39 is 15.6 Å². The number of aromatic nitrogens is 1. The van der Waals surface area contributed by atoms with E-state index in [1.807, 2.05) is 26.8 Å². The second-order valence-corrected chi connectivity index (χ2v) is 11.8. The van der Waals surface area contributed by atoms with Gasteiger partial charge in [0.25, 0.3) is 0 Å². The average Bonchev–Trinajstić information content (AvgIpc) is 3.10. The van der Waals surface area contributed by atoms with Crippen molar-refractivity contribution in [2.75, 3.05) is 26.2 Å². The molecule has 1 aromatic carbocycles. The maximum Gasteiger partial charge on any atom is 0.410 e. The molecule has 3 heterocycles. The lowest BCUT2D eigenvalue weighted by Crippen LogP contribution is -2.45. The van der Waals surface area contributed by atoms with E-state index in [0.717, 1.165) is 11.8 Å². The minimum absolute atomic E-state index is 0.112. The van der Waals surface area contributed by atoms with Crippen LogP contribution in [0.4, 0.5) is 4.79 Å². The number of hydrogen-bond acceptors (Lipinski definition) is 5. The van der Waals surface area contributed by atoms with Gasteiger partial charge in [0, 0.05) is 53.8 Å². The summed E-state index contributed by atoms with van der Waals surface area (Å²) in [7, 11) is -3.67. The molecular weight excluding hydrogens is 470 g/mol. The number of benzene rings is 1. The smallest absolute Gasteiger partial charge is 0.410 e. The molecule has 2 fully saturated rings. The van der Waals surface area contributed by atoms with E-state index in [1.54, 1.807) is 33.7 Å². The highest BCUT2D eigenvalue weighted by atomic mass is 79.9. The Kier molecular flexibility index (Phi) is 5.57. The van der Waals surface area contributed by atoms with Gasteiger partial charge in [-0.15, -0.1) is 0 Å². The zero-order valence-corrected chi connectivity index (χ0v) is 19.7. The quantitative estimate of drug-likeness (QED) is 0.631. The molecule has 162 valence electrons. The number of amides is 1. The SMILES string of the molecule is CC(C)(C)OC(=O)N1CCC2CN(S(=O)(=O)c3cccc4cncc(Br)c34)CC2C1. The van der Waals surface area contributed by atoms with Gasteiger partial charge in [0.05, 0.1) is 4.90 Å². The molecule has 2 saturated heterocycles. The Morgan fingerprint density at radius 3 is 2.63 bits per heavy atom. The van der Waals surface area contributed by atoms with E-state index in [2.05, 4.69) is 20.9 Å². The van der Waals surface area contributed by atoms with E-state index in [-0.39, 0.29) is 22.8 Å². The summed E-state index contributed by atoms with van der Waals surface area (Å²) in [6.07, 6.45) is 3.73. The zero-order valence-electron chi connectivity index (χ0n) is 17.3. The highest BCUT2D eigenvalue weighted by Crippen LogP contribution is 2.37. The van der Waals surface area contributed by atoms with Gasteiger partial charge < -0.3 is 9.64 Å². The van der Waals surface area contributed by atoms with Crippen LogP contribution in [0.2, 0.25) is 0 Å². The molecule has 30 heavy (non-hydrogen) atoms. The van der Waals surface area contributed by atoms with Crippen molar-refractivity contribution >= 4 is 42.8 Å². The molecule has 0 bridgehead atoms. The van der Waals surface area contributed by atoms with Gasteiger partial charge in [0.1, 0.15) is 5.60 Å². The molecule has 2 unspecified atom stereocenters. The van der Waals surface area contributed by atoms with Crippen LogP contribution in [0.15, 0.2) is 40.0 Å². The normalized spacial score (nSPS) is 22.9. The van der Waals surface area contributed by atoms with Crippen LogP contribution in [-0.2, 0) is 14.8 Å². The predicted octanol–water partition coefficient (Wildman–Crippen LogP) is 3.87. The molecule has 0 radical (unpaired) electrons. The first-order chi connectivity index (χ1) is 14.1. The van der Waals surface area contributed by atoms with Crippen LogP contribution in [0.3, 0.4) is 0 Å². The third kappa shape index (κ3) is 4.07. The fourth-order valence-corrected chi connectivity index (χ4v) is 6.81. The molecule has 2 atom stereocenters. The van der Waals surface area contributed by atoms with Crippen LogP contribution in [0.5, 0.6) is 0 Å². The van der Waals surface area contributed by atoms with Crippen LogP contribution in [0.25, 0.3) is 10.8 Å². The molecule has 0 saturated carbocycles. The van der Waals surface area contributed by atoms with Crippen molar-refractivity contribution in [1.82, 2.24) is 14.2 Å². The molecule has 2 aliphatic rings. The van der Waals surface area contributed by atoms with Gasteiger partial charge in [-0.05, 0) is 61.0 Å². The number of rotatable bonds is 2. The second-order valence-electron chi connectivity index (χ2n) is 9.03. The Labute approximate surface area is 185 Å². The maximum absolute atomic E-state index is 13.5. The maximum atomic E-state index is 13.5. The molecule has 0 aliphatic carbocycles. The molecule has 7 nitrogen and oxygen atoms in total. The van der Waals surface area contributed by atoms with Crippen molar-refractivity contribution in [3.05, 3.63) is 35.1 Å². The summed E-state index contributed by atoms with van der Waals surface area (Å²) in [5.74, 6) is 0.361. The lowest BCUT2D eigenvalue weighted by Gasteiger charge is -2.35. The standard InChI is InChI=1S/C21H26BrN3O4S/c1-21(2,3)29-20(26)24-8-7-15-12-25(13-16(15)11-24)30(27,28)18-6-4-5-14-9-23-10-17(22)19(14)18/h4-6,9-10,15-16H,7-8,11-13H2,1-3H3. The van der Waals surface area contributed by atoms with E-state index in [4.69, 9.17) is 4.74 Å². The monoisotopic (exact) mass is 495 g/mol. The Bertz CT molecular complexity index is 1080. The van der Waals surface area contributed by atoms with Crippen LogP contribution in [0.1, 0.15) is 27.2 Å². The van der Waals surface area contributed by atoms with Gasteiger partial charge in [-0.1, -0.05) is 12.1 Å². The summed E-state index contributed by atoms with van der Waals surface area (Å²) in [4.78, 5) is 18.6. The molecule has 1 amide bonds. The second kappa shape index (κ2) is 7.76. The number of pyridine rings is 1. The fraction of sp³-hybridized carbons (Fsp3) is 0.524. The minimum atomic E-state index is -3.67. The number of halogens is 1. The Balaban J connectivity index is 1.56. The van der Waals surface area contributed by atoms with Crippen molar-refractivity contribution < 1.29 is 17.9 Å². The van der Waals surface area contributed by atoms with Gasteiger partial charge >= 0.3 is 6.09 Å². The molecule has 9 heteroatoms. The number of sulfonamides is 1. The van der Waals surface area contributed by atoms with Crippen LogP contribution >= 0.6 is 15.9 Å². The summed E-state index contributed by atoms with van der Waals surface area (Å²) in [6.45, 7) is 7.54. The Morgan fingerprint density at radius 2 is 1.90 bits per heavy atom. The summed E-state index contributed by atoms with van der Waals surface area (Å²) >= 11 is 3.45. The summed E-state index contributed by atoms with van der Waals surface area (Å²) in [5, 5.41) is 1.43. The van der Waals surface area contributed by atoms with Crippen molar-refractivity contribution in [2.24, 2.45) is 11.8 Å². The van der Waals surface area contributed by atoms with E-state index in [1.165, 1.54) is 0 Å². The first-order valence-corrected chi connectivity index (χ1v) is 12.3. The van der Waals surface area contributed by atoms with Crippen molar-refractivity contribution in [3.63, 3.8) is 0 Å². The molecule has 4 rings (SSSR count). The predicted molar refractivity (Wildman–Crippen MR) is 118 cm³/mol. The van der Waals surface area contributed by atoms with Gasteiger partial charge in [0.2, 0.25) is 10.0 Å². The Morgan fingerprint density at radius 1 is 1.17 bits per heavy atom. The van der Waals surface area contributed by atoms with Gasteiger partial charge in [-0.3, -0.25) is 4.98 Å². The number of fused-ring (bicyclic) bond motifs is 2. The number of carbonyl (C=O) groups is 1. The lowest BCUT2D eigenvalue weighted by molar-refractivity contribution is 0.0139. The van der Waals surface area contributed by atoms with Crippen molar-refractivity contribution in [2.45, 2.75) is 37.7 Å². The van der Waals surface area contributed by atoms with Gasteiger partial charge in [-0.25, -0.2) is 13.2 Å². The first kappa shape index (κ1) is 21.5.